The summed E-state index contributed by atoms with van der Waals surface area (Å²) in [6.45, 7) is 5.83. The van der Waals surface area contributed by atoms with Crippen molar-refractivity contribution in [3.8, 4) is 5.75 Å². The third-order valence-corrected chi connectivity index (χ3v) is 3.27. The highest BCUT2D eigenvalue weighted by atomic mass is 16.5. The second-order valence-corrected chi connectivity index (χ2v) is 5.19. The fraction of sp³-hybridized carbons (Fsp3) is 0.500. The monoisotopic (exact) mass is 293 g/mol. The average Bonchev–Trinajstić information content (AvgIpc) is 2.39. The highest BCUT2D eigenvalue weighted by molar-refractivity contribution is 5.78. The molecule has 0 aliphatic rings. The van der Waals surface area contributed by atoms with Gasteiger partial charge in [0.2, 0.25) is 0 Å². The van der Waals surface area contributed by atoms with E-state index in [-0.39, 0.29) is 25.0 Å². The van der Waals surface area contributed by atoms with Crippen LogP contribution in [-0.4, -0.2) is 29.6 Å². The van der Waals surface area contributed by atoms with Crippen LogP contribution in [0.3, 0.4) is 0 Å². The van der Waals surface area contributed by atoms with Crippen molar-refractivity contribution in [3.05, 3.63) is 29.3 Å². The van der Waals surface area contributed by atoms with Crippen LogP contribution in [0.4, 0.5) is 0 Å². The maximum Gasteiger partial charge on any atom is 0.305 e. The quantitative estimate of drug-likeness (QED) is 0.772. The molecular weight excluding hydrogens is 270 g/mol. The van der Waals surface area contributed by atoms with Gasteiger partial charge < -0.3 is 15.2 Å². The van der Waals surface area contributed by atoms with Crippen LogP contribution in [-0.2, 0) is 9.59 Å². The van der Waals surface area contributed by atoms with E-state index < -0.39 is 5.97 Å². The Morgan fingerprint density at radius 3 is 2.57 bits per heavy atom. The second-order valence-electron chi connectivity index (χ2n) is 5.19. The lowest BCUT2D eigenvalue weighted by Crippen LogP contribution is -2.39. The van der Waals surface area contributed by atoms with Gasteiger partial charge in [-0.05, 0) is 43.5 Å². The van der Waals surface area contributed by atoms with Crippen molar-refractivity contribution in [1.29, 1.82) is 0 Å². The number of nitrogens with one attached hydrogen (secondary N) is 1. The zero-order chi connectivity index (χ0) is 15.8. The first kappa shape index (κ1) is 17.0. The van der Waals surface area contributed by atoms with Crippen molar-refractivity contribution < 1.29 is 19.4 Å². The molecule has 1 amide bonds. The van der Waals surface area contributed by atoms with Gasteiger partial charge in [-0.1, -0.05) is 19.4 Å². The number of rotatable bonds is 8. The van der Waals surface area contributed by atoms with Crippen LogP contribution in [0.25, 0.3) is 0 Å². The minimum atomic E-state index is -0.913. The first-order chi connectivity index (χ1) is 9.92. The summed E-state index contributed by atoms with van der Waals surface area (Å²) >= 11 is 0. The summed E-state index contributed by atoms with van der Waals surface area (Å²) in [5, 5.41) is 11.5. The average molecular weight is 293 g/mol. The molecule has 5 heteroatoms. The first-order valence-electron chi connectivity index (χ1n) is 7.13. The minimum absolute atomic E-state index is 0.0663. The van der Waals surface area contributed by atoms with Crippen LogP contribution < -0.4 is 10.1 Å². The largest absolute Gasteiger partial charge is 0.484 e. The number of hydrogen-bond acceptors (Lipinski definition) is 3. The number of carbonyl (C=O) groups excluding carboxylic acids is 1. The van der Waals surface area contributed by atoms with Gasteiger partial charge in [0.25, 0.3) is 5.91 Å². The molecular formula is C16H23NO4. The van der Waals surface area contributed by atoms with Gasteiger partial charge in [0.05, 0.1) is 6.42 Å². The molecule has 0 spiro atoms. The number of hydrogen-bond donors (Lipinski definition) is 2. The molecule has 0 aliphatic heterocycles. The maximum atomic E-state index is 11.8. The van der Waals surface area contributed by atoms with Gasteiger partial charge in [-0.25, -0.2) is 0 Å². The SMILES string of the molecule is CCCC(CC(=O)O)NC(=O)COc1ccc(C)c(C)c1. The van der Waals surface area contributed by atoms with Crippen molar-refractivity contribution >= 4 is 11.9 Å². The second kappa shape index (κ2) is 8.29. The zero-order valence-electron chi connectivity index (χ0n) is 12.8. The lowest BCUT2D eigenvalue weighted by molar-refractivity contribution is -0.137. The van der Waals surface area contributed by atoms with Gasteiger partial charge in [-0.15, -0.1) is 0 Å². The van der Waals surface area contributed by atoms with Crippen molar-refractivity contribution in [2.45, 2.75) is 46.1 Å². The van der Waals surface area contributed by atoms with Crippen LogP contribution in [0.1, 0.15) is 37.3 Å². The summed E-state index contributed by atoms with van der Waals surface area (Å²) in [4.78, 5) is 22.5. The van der Waals surface area contributed by atoms with E-state index in [1.165, 1.54) is 0 Å². The Kier molecular flexibility index (Phi) is 6.72. The van der Waals surface area contributed by atoms with Crippen LogP contribution >= 0.6 is 0 Å². The van der Waals surface area contributed by atoms with E-state index in [1.807, 2.05) is 39.0 Å². The molecule has 1 rings (SSSR count). The molecule has 0 aromatic heterocycles. The number of aryl methyl sites for hydroxylation is 2. The van der Waals surface area contributed by atoms with Gasteiger partial charge in [0.1, 0.15) is 5.75 Å². The third-order valence-electron chi connectivity index (χ3n) is 3.27. The number of amides is 1. The van der Waals surface area contributed by atoms with Crippen LogP contribution in [0.2, 0.25) is 0 Å². The highest BCUT2D eigenvalue weighted by Gasteiger charge is 2.15. The number of carbonyl (C=O) groups is 2. The Labute approximate surface area is 125 Å². The molecule has 0 aliphatic carbocycles. The summed E-state index contributed by atoms with van der Waals surface area (Å²) < 4.78 is 5.43. The zero-order valence-corrected chi connectivity index (χ0v) is 12.8. The molecule has 1 aromatic carbocycles. The predicted molar refractivity (Wildman–Crippen MR) is 80.5 cm³/mol. The van der Waals surface area contributed by atoms with E-state index in [9.17, 15) is 9.59 Å². The van der Waals surface area contributed by atoms with Crippen LogP contribution in [0, 0.1) is 13.8 Å². The Bertz CT molecular complexity index is 499. The minimum Gasteiger partial charge on any atom is -0.484 e. The molecule has 1 aromatic rings. The van der Waals surface area contributed by atoms with Crippen LogP contribution in [0.15, 0.2) is 18.2 Å². The topological polar surface area (TPSA) is 75.6 Å². The van der Waals surface area contributed by atoms with Gasteiger partial charge in [-0.2, -0.15) is 0 Å². The maximum absolute atomic E-state index is 11.8. The molecule has 1 atom stereocenters. The summed E-state index contributed by atoms with van der Waals surface area (Å²) in [6, 6.07) is 5.29. The van der Waals surface area contributed by atoms with Gasteiger partial charge in [-0.3, -0.25) is 9.59 Å². The van der Waals surface area contributed by atoms with Crippen molar-refractivity contribution in [1.82, 2.24) is 5.32 Å². The Morgan fingerprint density at radius 2 is 2.00 bits per heavy atom. The first-order valence-corrected chi connectivity index (χ1v) is 7.13. The number of ether oxygens (including phenoxy) is 1. The summed E-state index contributed by atoms with van der Waals surface area (Å²) in [6.07, 6.45) is 1.39. The van der Waals surface area contributed by atoms with Gasteiger partial charge >= 0.3 is 5.97 Å². The van der Waals surface area contributed by atoms with Crippen molar-refractivity contribution in [2.75, 3.05) is 6.61 Å². The van der Waals surface area contributed by atoms with E-state index in [0.29, 0.717) is 12.2 Å². The van der Waals surface area contributed by atoms with E-state index in [0.717, 1.165) is 17.5 Å². The van der Waals surface area contributed by atoms with Crippen molar-refractivity contribution in [2.24, 2.45) is 0 Å². The molecule has 116 valence electrons. The summed E-state index contributed by atoms with van der Waals surface area (Å²) in [5.41, 5.74) is 2.26. The normalized spacial score (nSPS) is 11.8. The van der Waals surface area contributed by atoms with E-state index >= 15 is 0 Å². The Balaban J connectivity index is 2.48. The summed E-state index contributed by atoms with van der Waals surface area (Å²) in [5.74, 6) is -0.574. The van der Waals surface area contributed by atoms with E-state index in [4.69, 9.17) is 9.84 Å². The number of carboxylic acids is 1. The van der Waals surface area contributed by atoms with Gasteiger partial charge in [0, 0.05) is 6.04 Å². The molecule has 0 radical (unpaired) electrons. The van der Waals surface area contributed by atoms with Crippen LogP contribution in [0.5, 0.6) is 5.75 Å². The molecule has 5 nitrogen and oxygen atoms in total. The standard InChI is InChI=1S/C16H23NO4/c1-4-5-13(9-16(19)20)17-15(18)10-21-14-7-6-11(2)12(3)8-14/h6-8,13H,4-5,9-10H2,1-3H3,(H,17,18)(H,19,20). The molecule has 0 saturated carbocycles. The van der Waals surface area contributed by atoms with E-state index in [2.05, 4.69) is 5.32 Å². The Hall–Kier alpha value is -2.04. The summed E-state index contributed by atoms with van der Waals surface area (Å²) in [7, 11) is 0. The molecule has 0 fully saturated rings. The number of aliphatic carboxylic acids is 1. The molecule has 0 heterocycles. The number of carboxylic acid groups (broad SMARTS) is 1. The molecule has 1 unspecified atom stereocenters. The highest BCUT2D eigenvalue weighted by Crippen LogP contribution is 2.16. The predicted octanol–water partition coefficient (Wildman–Crippen LogP) is 2.44. The van der Waals surface area contributed by atoms with Gasteiger partial charge in [0.15, 0.2) is 6.61 Å². The third kappa shape index (κ3) is 6.29. The van der Waals surface area contributed by atoms with Crippen molar-refractivity contribution in [3.63, 3.8) is 0 Å². The smallest absolute Gasteiger partial charge is 0.305 e. The lowest BCUT2D eigenvalue weighted by atomic mass is 10.1. The fourth-order valence-corrected chi connectivity index (χ4v) is 2.01. The molecule has 0 saturated heterocycles. The molecule has 0 bridgehead atoms. The molecule has 21 heavy (non-hydrogen) atoms. The number of benzene rings is 1. The lowest BCUT2D eigenvalue weighted by Gasteiger charge is -2.16. The van der Waals surface area contributed by atoms with E-state index in [1.54, 1.807) is 0 Å². The molecule has 2 N–H and O–H groups in total. The fourth-order valence-electron chi connectivity index (χ4n) is 2.01. The Morgan fingerprint density at radius 1 is 1.29 bits per heavy atom.